The van der Waals surface area contributed by atoms with Gasteiger partial charge in [0, 0.05) is 29.3 Å². The van der Waals surface area contributed by atoms with E-state index in [1.165, 1.54) is 22.5 Å². The van der Waals surface area contributed by atoms with Crippen LogP contribution >= 0.6 is 23.1 Å². The van der Waals surface area contributed by atoms with Crippen molar-refractivity contribution in [3.63, 3.8) is 0 Å². The van der Waals surface area contributed by atoms with Crippen molar-refractivity contribution in [1.82, 2.24) is 4.98 Å². The van der Waals surface area contributed by atoms with Gasteiger partial charge in [0.2, 0.25) is 0 Å². The third-order valence-electron chi connectivity index (χ3n) is 2.90. The van der Waals surface area contributed by atoms with Crippen LogP contribution in [-0.2, 0) is 22.1 Å². The number of thioether (sulfide) groups is 1. The van der Waals surface area contributed by atoms with Crippen molar-refractivity contribution >= 4 is 38.6 Å². The van der Waals surface area contributed by atoms with Crippen molar-refractivity contribution in [1.29, 1.82) is 0 Å². The van der Waals surface area contributed by atoms with Gasteiger partial charge in [-0.1, -0.05) is 0 Å². The monoisotopic (exact) mass is 342 g/mol. The van der Waals surface area contributed by atoms with Crippen LogP contribution in [0.5, 0.6) is 0 Å². The normalized spacial score (nSPS) is 11.6. The quantitative estimate of drug-likeness (QED) is 0.755. The van der Waals surface area contributed by atoms with E-state index in [-0.39, 0.29) is 5.75 Å². The molecule has 0 radical (unpaired) electrons. The first-order valence-corrected chi connectivity index (χ1v) is 10.5. The first-order valence-electron chi connectivity index (χ1n) is 6.33. The van der Waals surface area contributed by atoms with E-state index in [0.29, 0.717) is 11.6 Å². The molecule has 0 saturated heterocycles. The summed E-state index contributed by atoms with van der Waals surface area (Å²) in [6, 6.07) is 8.34. The second-order valence-electron chi connectivity index (χ2n) is 4.86. The molecule has 0 saturated carbocycles. The second-order valence-corrected chi connectivity index (χ2v) is 8.82. The van der Waals surface area contributed by atoms with Gasteiger partial charge >= 0.3 is 0 Å². The van der Waals surface area contributed by atoms with Crippen LogP contribution < -0.4 is 4.90 Å². The predicted molar refractivity (Wildman–Crippen MR) is 91.0 cm³/mol. The van der Waals surface area contributed by atoms with E-state index in [4.69, 9.17) is 0 Å². The molecule has 0 fully saturated rings. The van der Waals surface area contributed by atoms with E-state index in [1.807, 2.05) is 12.4 Å². The van der Waals surface area contributed by atoms with Crippen LogP contribution in [0.3, 0.4) is 0 Å². The minimum absolute atomic E-state index is 0.0177. The third-order valence-corrected chi connectivity index (χ3v) is 5.52. The molecular weight excluding hydrogens is 324 g/mol. The molecule has 2 rings (SSSR count). The molecule has 2 aromatic rings. The molecule has 1 aromatic heterocycles. The number of anilines is 1. The summed E-state index contributed by atoms with van der Waals surface area (Å²) < 4.78 is 22.5. The highest BCUT2D eigenvalue weighted by molar-refractivity contribution is 7.98. The van der Waals surface area contributed by atoms with Gasteiger partial charge in [0.15, 0.2) is 9.84 Å². The zero-order valence-electron chi connectivity index (χ0n) is 12.2. The minimum Gasteiger partial charge on any atom is -0.369 e. The van der Waals surface area contributed by atoms with Gasteiger partial charge in [-0.3, -0.25) is 0 Å². The summed E-state index contributed by atoms with van der Waals surface area (Å²) in [6.07, 6.45) is 3.28. The molecule has 0 aliphatic rings. The number of nitrogens with zero attached hydrogens (tertiary/aromatic N) is 2. The highest BCUT2D eigenvalue weighted by atomic mass is 32.2. The summed E-state index contributed by atoms with van der Waals surface area (Å²) in [5, 5.41) is 2.58. The lowest BCUT2D eigenvalue weighted by Gasteiger charge is -2.18. The SMILES string of the molecule is CSc1ccc(N(C)Cc2csc(CS(C)(=O)=O)n2)cc1. The van der Waals surface area contributed by atoms with Gasteiger partial charge in [0.05, 0.1) is 12.2 Å². The Morgan fingerprint density at radius 2 is 1.95 bits per heavy atom. The molecule has 21 heavy (non-hydrogen) atoms. The van der Waals surface area contributed by atoms with Gasteiger partial charge in [-0.2, -0.15) is 0 Å². The Morgan fingerprint density at radius 3 is 2.52 bits per heavy atom. The second kappa shape index (κ2) is 6.81. The Morgan fingerprint density at radius 1 is 1.29 bits per heavy atom. The van der Waals surface area contributed by atoms with Gasteiger partial charge in [-0.05, 0) is 30.5 Å². The Labute approximate surface area is 134 Å². The Hall–Kier alpha value is -1.05. The highest BCUT2D eigenvalue weighted by Gasteiger charge is 2.10. The maximum absolute atomic E-state index is 11.3. The van der Waals surface area contributed by atoms with Crippen molar-refractivity contribution in [2.75, 3.05) is 24.5 Å². The van der Waals surface area contributed by atoms with Crippen LogP contribution in [-0.4, -0.2) is 33.0 Å². The number of rotatable bonds is 6. The average molecular weight is 343 g/mol. The van der Waals surface area contributed by atoms with E-state index in [0.717, 1.165) is 11.4 Å². The molecule has 0 spiro atoms. The Balaban J connectivity index is 2.03. The fourth-order valence-electron chi connectivity index (χ4n) is 1.88. The van der Waals surface area contributed by atoms with Crippen molar-refractivity contribution in [2.45, 2.75) is 17.2 Å². The summed E-state index contributed by atoms with van der Waals surface area (Å²) >= 11 is 3.12. The standard InChI is InChI=1S/C14H18N2O2S3/c1-16(12-4-6-13(19-2)7-5-12)8-11-9-20-14(15-11)10-21(3,17)18/h4-7,9H,8,10H2,1-3H3. The maximum Gasteiger partial charge on any atom is 0.153 e. The van der Waals surface area contributed by atoms with Gasteiger partial charge < -0.3 is 4.90 Å². The summed E-state index contributed by atoms with van der Waals surface area (Å²) in [4.78, 5) is 7.72. The van der Waals surface area contributed by atoms with E-state index < -0.39 is 9.84 Å². The molecule has 0 bridgehead atoms. The van der Waals surface area contributed by atoms with Crippen LogP contribution in [0.2, 0.25) is 0 Å². The lowest BCUT2D eigenvalue weighted by atomic mass is 10.3. The number of sulfone groups is 1. The number of thiazole rings is 1. The zero-order valence-corrected chi connectivity index (χ0v) is 14.7. The van der Waals surface area contributed by atoms with Crippen molar-refractivity contribution in [3.8, 4) is 0 Å². The average Bonchev–Trinajstić information content (AvgIpc) is 2.83. The van der Waals surface area contributed by atoms with E-state index >= 15 is 0 Å². The summed E-state index contributed by atoms with van der Waals surface area (Å²) in [5.74, 6) is 0.0177. The van der Waals surface area contributed by atoms with Crippen LogP contribution in [0.1, 0.15) is 10.7 Å². The van der Waals surface area contributed by atoms with Crippen molar-refractivity contribution in [2.24, 2.45) is 0 Å². The van der Waals surface area contributed by atoms with Gasteiger partial charge in [0.1, 0.15) is 10.8 Å². The molecule has 0 amide bonds. The van der Waals surface area contributed by atoms with E-state index in [1.54, 1.807) is 11.8 Å². The summed E-state index contributed by atoms with van der Waals surface area (Å²) in [6.45, 7) is 0.666. The van der Waals surface area contributed by atoms with E-state index in [2.05, 4.69) is 40.4 Å². The zero-order chi connectivity index (χ0) is 15.5. The third kappa shape index (κ3) is 5.01. The molecule has 1 aromatic carbocycles. The molecule has 0 aliphatic heterocycles. The fourth-order valence-corrected chi connectivity index (χ4v) is 4.29. The van der Waals surface area contributed by atoms with Gasteiger partial charge in [-0.15, -0.1) is 23.1 Å². The molecule has 0 atom stereocenters. The molecule has 0 N–H and O–H groups in total. The largest absolute Gasteiger partial charge is 0.369 e. The van der Waals surface area contributed by atoms with E-state index in [9.17, 15) is 8.42 Å². The van der Waals surface area contributed by atoms with Crippen molar-refractivity contribution in [3.05, 3.63) is 40.3 Å². The Bertz CT molecular complexity index is 693. The lowest BCUT2D eigenvalue weighted by Crippen LogP contribution is -2.16. The number of hydrogen-bond donors (Lipinski definition) is 0. The fraction of sp³-hybridized carbons (Fsp3) is 0.357. The minimum atomic E-state index is -3.02. The first kappa shape index (κ1) is 16.3. The molecule has 0 aliphatic carbocycles. The van der Waals surface area contributed by atoms with Crippen LogP contribution in [0.4, 0.5) is 5.69 Å². The first-order chi connectivity index (χ1) is 9.87. The Kier molecular flexibility index (Phi) is 5.29. The lowest BCUT2D eigenvalue weighted by molar-refractivity contribution is 0.601. The number of hydrogen-bond acceptors (Lipinski definition) is 6. The highest BCUT2D eigenvalue weighted by Crippen LogP contribution is 2.21. The summed E-state index contributed by atoms with van der Waals surface area (Å²) in [5.41, 5.74) is 2.01. The predicted octanol–water partition coefficient (Wildman–Crippen LogP) is 3.05. The molecule has 114 valence electrons. The van der Waals surface area contributed by atoms with Crippen LogP contribution in [0.25, 0.3) is 0 Å². The van der Waals surface area contributed by atoms with Gasteiger partial charge in [0.25, 0.3) is 0 Å². The molecule has 4 nitrogen and oxygen atoms in total. The topological polar surface area (TPSA) is 50.3 Å². The van der Waals surface area contributed by atoms with Crippen LogP contribution in [0.15, 0.2) is 34.5 Å². The number of benzene rings is 1. The molecule has 0 unspecified atom stereocenters. The number of aromatic nitrogens is 1. The molecule has 7 heteroatoms. The molecule has 1 heterocycles. The maximum atomic E-state index is 11.3. The smallest absolute Gasteiger partial charge is 0.153 e. The van der Waals surface area contributed by atoms with Gasteiger partial charge in [-0.25, -0.2) is 13.4 Å². The summed E-state index contributed by atoms with van der Waals surface area (Å²) in [7, 11) is -1.02. The molecular formula is C14H18N2O2S3. The van der Waals surface area contributed by atoms with Crippen molar-refractivity contribution < 1.29 is 8.42 Å². The van der Waals surface area contributed by atoms with Crippen LogP contribution in [0, 0.1) is 0 Å².